The molecule has 1 aromatic rings. The molecule has 1 unspecified atom stereocenters. The lowest BCUT2D eigenvalue weighted by molar-refractivity contribution is -0.133. The quantitative estimate of drug-likeness (QED) is 0.599. The molecule has 172 valence electrons. The highest BCUT2D eigenvalue weighted by Crippen LogP contribution is 2.25. The number of carbonyl (C=O) groups is 1. The zero-order chi connectivity index (χ0) is 22.2. The normalized spacial score (nSPS) is 19.7. The molecule has 1 amide bonds. The van der Waals surface area contributed by atoms with Crippen LogP contribution < -0.4 is 4.74 Å². The van der Waals surface area contributed by atoms with Gasteiger partial charge in [0.15, 0.2) is 0 Å². The van der Waals surface area contributed by atoms with Gasteiger partial charge in [-0.3, -0.25) is 9.69 Å². The molecule has 1 saturated heterocycles. The second-order valence-electron chi connectivity index (χ2n) is 8.69. The topological polar surface area (TPSA) is 54.5 Å². The summed E-state index contributed by atoms with van der Waals surface area (Å²) in [6.07, 6.45) is 2.26. The first-order valence-corrected chi connectivity index (χ1v) is 11.2. The number of piperidine rings is 1. The van der Waals surface area contributed by atoms with E-state index in [2.05, 4.69) is 21.9 Å². The van der Waals surface area contributed by atoms with E-state index in [1.807, 2.05) is 38.1 Å². The van der Waals surface area contributed by atoms with Crippen molar-refractivity contribution in [1.29, 1.82) is 0 Å². The van der Waals surface area contributed by atoms with Gasteiger partial charge in [-0.1, -0.05) is 18.2 Å². The zero-order valence-corrected chi connectivity index (χ0v) is 19.4. The molecule has 0 saturated carbocycles. The van der Waals surface area contributed by atoms with Gasteiger partial charge in [-0.15, -0.1) is 0 Å². The minimum atomic E-state index is -0.0547. The molecule has 0 spiro atoms. The van der Waals surface area contributed by atoms with Crippen LogP contribution in [-0.4, -0.2) is 87.7 Å². The molecule has 0 N–H and O–H groups in total. The Morgan fingerprint density at radius 3 is 2.71 bits per heavy atom. The summed E-state index contributed by atoms with van der Waals surface area (Å²) in [5, 5.41) is 0. The zero-order valence-electron chi connectivity index (χ0n) is 19.4. The van der Waals surface area contributed by atoms with E-state index in [4.69, 9.17) is 14.2 Å². The molecular weight excluding hydrogens is 394 g/mol. The van der Waals surface area contributed by atoms with Crippen molar-refractivity contribution in [1.82, 2.24) is 14.7 Å². The summed E-state index contributed by atoms with van der Waals surface area (Å²) in [5.41, 5.74) is 1.21. The van der Waals surface area contributed by atoms with Crippen LogP contribution in [0, 0.1) is 5.92 Å². The molecule has 2 aliphatic heterocycles. The molecule has 0 bridgehead atoms. The molecular formula is C24H37N3O4. The number of carbonyl (C=O) groups excluding carboxylic acids is 1. The second-order valence-corrected chi connectivity index (χ2v) is 8.69. The Kier molecular flexibility index (Phi) is 8.60. The van der Waals surface area contributed by atoms with E-state index in [1.54, 1.807) is 7.11 Å². The lowest BCUT2D eigenvalue weighted by Gasteiger charge is -2.36. The van der Waals surface area contributed by atoms with Crippen LogP contribution in [0.2, 0.25) is 0 Å². The summed E-state index contributed by atoms with van der Waals surface area (Å²) in [5.74, 6) is 2.27. The van der Waals surface area contributed by atoms with Gasteiger partial charge in [0.05, 0.1) is 7.11 Å². The minimum Gasteiger partial charge on any atom is -0.496 e. The van der Waals surface area contributed by atoms with E-state index in [-0.39, 0.29) is 5.91 Å². The summed E-state index contributed by atoms with van der Waals surface area (Å²) < 4.78 is 16.8. The molecule has 2 heterocycles. The number of likely N-dealkylation sites (tertiary alicyclic amines) is 1. The van der Waals surface area contributed by atoms with E-state index < -0.39 is 0 Å². The third kappa shape index (κ3) is 6.61. The van der Waals surface area contributed by atoms with Gasteiger partial charge in [-0.05, 0) is 52.4 Å². The number of benzene rings is 1. The second kappa shape index (κ2) is 11.4. The Hall–Kier alpha value is -2.25. The number of nitrogens with zero attached hydrogens (tertiary/aromatic N) is 3. The summed E-state index contributed by atoms with van der Waals surface area (Å²) >= 11 is 0. The number of amides is 1. The van der Waals surface area contributed by atoms with Gasteiger partial charge in [0, 0.05) is 38.3 Å². The highest BCUT2D eigenvalue weighted by molar-refractivity contribution is 5.92. The Labute approximate surface area is 186 Å². The Balaban J connectivity index is 1.66. The first-order chi connectivity index (χ1) is 15.0. The lowest BCUT2D eigenvalue weighted by Crippen LogP contribution is -2.45. The largest absolute Gasteiger partial charge is 0.496 e. The van der Waals surface area contributed by atoms with Gasteiger partial charge in [0.1, 0.15) is 24.7 Å². The van der Waals surface area contributed by atoms with Crippen LogP contribution >= 0.6 is 0 Å². The molecule has 7 nitrogen and oxygen atoms in total. The standard InChI is InChI=1S/C24H37N3O4/c1-19-23(31-15-14-30-19)24(28)27(13-12-25(2)3)17-20-8-7-11-26(16-20)18-21-9-5-6-10-22(21)29-4/h5-6,9-10,20H,7-8,11-18H2,1-4H3. The molecule has 7 heteroatoms. The molecule has 1 fully saturated rings. The molecule has 0 radical (unpaired) electrons. The van der Waals surface area contributed by atoms with E-state index in [0.717, 1.165) is 51.3 Å². The summed E-state index contributed by atoms with van der Waals surface area (Å²) in [6.45, 7) is 7.87. The van der Waals surface area contributed by atoms with Gasteiger partial charge >= 0.3 is 0 Å². The van der Waals surface area contributed by atoms with Gasteiger partial charge < -0.3 is 24.0 Å². The molecule has 31 heavy (non-hydrogen) atoms. The maximum Gasteiger partial charge on any atom is 0.292 e. The number of rotatable bonds is 9. The van der Waals surface area contributed by atoms with Crippen LogP contribution in [0.1, 0.15) is 25.3 Å². The van der Waals surface area contributed by atoms with Crippen molar-refractivity contribution in [3.63, 3.8) is 0 Å². The number of likely N-dealkylation sites (N-methyl/N-ethyl adjacent to an activating group) is 1. The molecule has 0 aromatic heterocycles. The monoisotopic (exact) mass is 431 g/mol. The Morgan fingerprint density at radius 2 is 1.97 bits per heavy atom. The first-order valence-electron chi connectivity index (χ1n) is 11.2. The predicted molar refractivity (Wildman–Crippen MR) is 121 cm³/mol. The first kappa shape index (κ1) is 23.4. The van der Waals surface area contributed by atoms with Gasteiger partial charge in [0.25, 0.3) is 5.91 Å². The van der Waals surface area contributed by atoms with Gasteiger partial charge in [-0.2, -0.15) is 0 Å². The van der Waals surface area contributed by atoms with E-state index in [1.165, 1.54) is 5.56 Å². The average molecular weight is 432 g/mol. The number of allylic oxidation sites excluding steroid dienone is 1. The fourth-order valence-corrected chi connectivity index (χ4v) is 4.29. The van der Waals surface area contributed by atoms with Crippen LogP contribution in [-0.2, 0) is 20.8 Å². The predicted octanol–water partition coefficient (Wildman–Crippen LogP) is 2.58. The summed E-state index contributed by atoms with van der Waals surface area (Å²) in [6, 6.07) is 8.21. The number of para-hydroxylation sites is 1. The smallest absolute Gasteiger partial charge is 0.292 e. The van der Waals surface area contributed by atoms with Crippen molar-refractivity contribution >= 4 is 5.91 Å². The van der Waals surface area contributed by atoms with Crippen molar-refractivity contribution in [3.8, 4) is 5.75 Å². The van der Waals surface area contributed by atoms with Crippen LogP contribution in [0.5, 0.6) is 5.75 Å². The third-order valence-corrected chi connectivity index (χ3v) is 5.93. The van der Waals surface area contributed by atoms with E-state index in [0.29, 0.717) is 37.2 Å². The van der Waals surface area contributed by atoms with Crippen molar-refractivity contribution in [3.05, 3.63) is 41.3 Å². The van der Waals surface area contributed by atoms with Crippen molar-refractivity contribution in [2.75, 3.05) is 67.1 Å². The summed E-state index contributed by atoms with van der Waals surface area (Å²) in [4.78, 5) is 19.8. The number of methoxy groups -OCH3 is 1. The van der Waals surface area contributed by atoms with Gasteiger partial charge in [-0.25, -0.2) is 0 Å². The molecule has 3 rings (SSSR count). The Morgan fingerprint density at radius 1 is 1.19 bits per heavy atom. The third-order valence-electron chi connectivity index (χ3n) is 5.93. The molecule has 0 aliphatic carbocycles. The van der Waals surface area contributed by atoms with Crippen LogP contribution in [0.15, 0.2) is 35.8 Å². The summed E-state index contributed by atoms with van der Waals surface area (Å²) in [7, 11) is 5.78. The Bertz CT molecular complexity index is 765. The fourth-order valence-electron chi connectivity index (χ4n) is 4.29. The fraction of sp³-hybridized carbons (Fsp3) is 0.625. The molecule has 1 atom stereocenters. The minimum absolute atomic E-state index is 0.0547. The number of ether oxygens (including phenoxy) is 3. The maximum atomic E-state index is 13.3. The molecule has 1 aromatic carbocycles. The highest BCUT2D eigenvalue weighted by atomic mass is 16.6. The van der Waals surface area contributed by atoms with E-state index in [9.17, 15) is 4.79 Å². The lowest BCUT2D eigenvalue weighted by atomic mass is 9.96. The van der Waals surface area contributed by atoms with Crippen LogP contribution in [0.25, 0.3) is 0 Å². The van der Waals surface area contributed by atoms with Crippen molar-refractivity contribution in [2.24, 2.45) is 5.92 Å². The van der Waals surface area contributed by atoms with Crippen molar-refractivity contribution < 1.29 is 19.0 Å². The van der Waals surface area contributed by atoms with Crippen LogP contribution in [0.3, 0.4) is 0 Å². The molecule has 2 aliphatic rings. The van der Waals surface area contributed by atoms with Gasteiger partial charge in [0.2, 0.25) is 5.76 Å². The number of hydrogen-bond donors (Lipinski definition) is 0. The van der Waals surface area contributed by atoms with Crippen LogP contribution in [0.4, 0.5) is 0 Å². The SMILES string of the molecule is COc1ccccc1CN1CCCC(CN(CCN(C)C)C(=O)C2=C(C)OCCO2)C1. The van der Waals surface area contributed by atoms with Crippen molar-refractivity contribution in [2.45, 2.75) is 26.3 Å². The maximum absolute atomic E-state index is 13.3. The number of hydrogen-bond acceptors (Lipinski definition) is 6. The average Bonchev–Trinajstić information content (AvgIpc) is 2.77. The van der Waals surface area contributed by atoms with E-state index >= 15 is 0 Å². The highest BCUT2D eigenvalue weighted by Gasteiger charge is 2.29.